The zero-order valence-corrected chi connectivity index (χ0v) is 11.5. The van der Waals surface area contributed by atoms with Crippen LogP contribution >= 0.6 is 0 Å². The van der Waals surface area contributed by atoms with E-state index in [0.29, 0.717) is 5.82 Å². The number of fused-ring (bicyclic) bond motifs is 1. The highest BCUT2D eigenvalue weighted by Crippen LogP contribution is 2.23. The van der Waals surface area contributed by atoms with Crippen molar-refractivity contribution in [3.05, 3.63) is 60.3 Å². The van der Waals surface area contributed by atoms with Crippen LogP contribution in [-0.4, -0.2) is 23.2 Å². The summed E-state index contributed by atoms with van der Waals surface area (Å²) in [5.41, 5.74) is 1.04. The Morgan fingerprint density at radius 3 is 2.52 bits per heavy atom. The van der Waals surface area contributed by atoms with Crippen LogP contribution in [0.5, 0.6) is 0 Å². The summed E-state index contributed by atoms with van der Waals surface area (Å²) in [6, 6.07) is 17.0. The van der Waals surface area contributed by atoms with Crippen LogP contribution in [0, 0.1) is 0 Å². The summed E-state index contributed by atoms with van der Waals surface area (Å²) in [6.07, 6.45) is 0. The number of benzene rings is 2. The van der Waals surface area contributed by atoms with E-state index in [1.54, 1.807) is 19.2 Å². The monoisotopic (exact) mass is 278 g/mol. The molecule has 0 saturated carbocycles. The molecule has 1 heterocycles. The zero-order valence-electron chi connectivity index (χ0n) is 11.5. The van der Waals surface area contributed by atoms with Gasteiger partial charge < -0.3 is 10.6 Å². The maximum atomic E-state index is 12.2. The Labute approximate surface area is 122 Å². The van der Waals surface area contributed by atoms with E-state index in [9.17, 15) is 4.79 Å². The smallest absolute Gasteiger partial charge is 0.276 e. The minimum atomic E-state index is -0.276. The Balaban J connectivity index is 1.89. The average molecular weight is 278 g/mol. The molecule has 0 aliphatic heterocycles. The van der Waals surface area contributed by atoms with Crippen LogP contribution in [0.25, 0.3) is 10.8 Å². The van der Waals surface area contributed by atoms with Crippen molar-refractivity contribution in [2.24, 2.45) is 0 Å². The van der Waals surface area contributed by atoms with Gasteiger partial charge in [0, 0.05) is 18.1 Å². The van der Waals surface area contributed by atoms with Crippen molar-refractivity contribution in [3.63, 3.8) is 0 Å². The van der Waals surface area contributed by atoms with Crippen molar-refractivity contribution in [1.82, 2.24) is 10.2 Å². The second kappa shape index (κ2) is 5.58. The molecule has 1 aromatic heterocycles. The quantitative estimate of drug-likeness (QED) is 0.773. The summed E-state index contributed by atoms with van der Waals surface area (Å²) in [4.78, 5) is 12.2. The maximum absolute atomic E-state index is 12.2. The number of amides is 1. The van der Waals surface area contributed by atoms with Gasteiger partial charge in [-0.15, -0.1) is 10.2 Å². The van der Waals surface area contributed by atoms with E-state index < -0.39 is 0 Å². The lowest BCUT2D eigenvalue weighted by molar-refractivity contribution is 0.102. The third-order valence-corrected chi connectivity index (χ3v) is 3.19. The van der Waals surface area contributed by atoms with E-state index in [1.807, 2.05) is 42.5 Å². The average Bonchev–Trinajstić information content (AvgIpc) is 2.55. The predicted octanol–water partition coefficient (Wildman–Crippen LogP) is 2.92. The second-order valence-corrected chi connectivity index (χ2v) is 4.53. The fraction of sp³-hybridized carbons (Fsp3) is 0.0625. The summed E-state index contributed by atoms with van der Waals surface area (Å²) in [5.74, 6) is 0.346. The topological polar surface area (TPSA) is 66.9 Å². The molecule has 104 valence electrons. The van der Waals surface area contributed by atoms with Crippen LogP contribution in [0.15, 0.2) is 54.6 Å². The first-order chi connectivity index (χ1) is 10.3. The molecule has 0 fully saturated rings. The fourth-order valence-corrected chi connectivity index (χ4v) is 2.11. The molecule has 0 spiro atoms. The first-order valence-electron chi connectivity index (χ1n) is 6.58. The van der Waals surface area contributed by atoms with Gasteiger partial charge in [-0.05, 0) is 23.6 Å². The van der Waals surface area contributed by atoms with Crippen molar-refractivity contribution >= 4 is 28.2 Å². The molecule has 21 heavy (non-hydrogen) atoms. The van der Waals surface area contributed by atoms with E-state index in [4.69, 9.17) is 0 Å². The highest BCUT2D eigenvalue weighted by molar-refractivity contribution is 6.08. The van der Waals surface area contributed by atoms with E-state index in [0.717, 1.165) is 16.5 Å². The highest BCUT2D eigenvalue weighted by Gasteiger charge is 2.10. The second-order valence-electron chi connectivity index (χ2n) is 4.53. The molecule has 2 aromatic carbocycles. The predicted molar refractivity (Wildman–Crippen MR) is 83.5 cm³/mol. The van der Waals surface area contributed by atoms with E-state index >= 15 is 0 Å². The Bertz CT molecular complexity index is 778. The van der Waals surface area contributed by atoms with Crippen molar-refractivity contribution in [2.45, 2.75) is 0 Å². The molecule has 0 aliphatic carbocycles. The molecule has 0 aliphatic rings. The van der Waals surface area contributed by atoms with Crippen LogP contribution < -0.4 is 10.6 Å². The molecule has 0 bridgehead atoms. The number of nitrogens with zero attached hydrogens (tertiary/aromatic N) is 2. The minimum absolute atomic E-state index is 0.276. The number of carbonyl (C=O) groups excluding carboxylic acids is 1. The van der Waals surface area contributed by atoms with Crippen LogP contribution in [0.2, 0.25) is 0 Å². The summed E-state index contributed by atoms with van der Waals surface area (Å²) in [7, 11) is 1.75. The normalized spacial score (nSPS) is 10.3. The van der Waals surface area contributed by atoms with Gasteiger partial charge in [0.25, 0.3) is 5.91 Å². The number of hydrogen-bond acceptors (Lipinski definition) is 4. The lowest BCUT2D eigenvalue weighted by Gasteiger charge is -2.08. The summed E-state index contributed by atoms with van der Waals surface area (Å²) in [5, 5.41) is 15.6. The molecule has 5 nitrogen and oxygen atoms in total. The number of nitrogens with one attached hydrogen (secondary N) is 2. The SMILES string of the molecule is CNc1ccc(C(=O)Nc2cccc3ccccc23)nn1. The molecular weight excluding hydrogens is 264 g/mol. The van der Waals surface area contributed by atoms with Gasteiger partial charge in [-0.1, -0.05) is 36.4 Å². The Morgan fingerprint density at radius 1 is 0.952 bits per heavy atom. The van der Waals surface area contributed by atoms with Gasteiger partial charge in [0.2, 0.25) is 0 Å². The number of carbonyl (C=O) groups is 1. The molecule has 0 unspecified atom stereocenters. The van der Waals surface area contributed by atoms with Crippen LogP contribution in [0.3, 0.4) is 0 Å². The third kappa shape index (κ3) is 2.67. The van der Waals surface area contributed by atoms with Crippen molar-refractivity contribution < 1.29 is 4.79 Å². The minimum Gasteiger partial charge on any atom is -0.372 e. The van der Waals surface area contributed by atoms with Crippen LogP contribution in [0.4, 0.5) is 11.5 Å². The lowest BCUT2D eigenvalue weighted by atomic mass is 10.1. The van der Waals surface area contributed by atoms with Crippen molar-refractivity contribution in [3.8, 4) is 0 Å². The molecule has 0 radical (unpaired) electrons. The maximum Gasteiger partial charge on any atom is 0.276 e. The molecule has 3 rings (SSSR count). The van der Waals surface area contributed by atoms with Gasteiger partial charge in [0.1, 0.15) is 5.82 Å². The molecule has 5 heteroatoms. The summed E-state index contributed by atoms with van der Waals surface area (Å²) >= 11 is 0. The number of hydrogen-bond donors (Lipinski definition) is 2. The van der Waals surface area contributed by atoms with E-state index in [-0.39, 0.29) is 11.6 Å². The molecule has 3 aromatic rings. The Kier molecular flexibility index (Phi) is 3.47. The first-order valence-corrected chi connectivity index (χ1v) is 6.58. The van der Waals surface area contributed by atoms with E-state index in [2.05, 4.69) is 20.8 Å². The van der Waals surface area contributed by atoms with Crippen LogP contribution in [-0.2, 0) is 0 Å². The van der Waals surface area contributed by atoms with Crippen molar-refractivity contribution in [2.75, 3.05) is 17.7 Å². The van der Waals surface area contributed by atoms with Gasteiger partial charge >= 0.3 is 0 Å². The van der Waals surface area contributed by atoms with Gasteiger partial charge in [-0.25, -0.2) is 0 Å². The standard InChI is InChI=1S/C16H14N4O/c1-17-15-10-9-14(19-20-15)16(21)18-13-8-4-6-11-5-2-3-7-12(11)13/h2-10H,1H3,(H,17,20)(H,18,21). The van der Waals surface area contributed by atoms with Gasteiger partial charge in [0.05, 0.1) is 0 Å². The first kappa shape index (κ1) is 13.1. The molecule has 0 atom stereocenters. The molecule has 2 N–H and O–H groups in total. The Hall–Kier alpha value is -2.95. The molecular formula is C16H14N4O. The van der Waals surface area contributed by atoms with Crippen LogP contribution in [0.1, 0.15) is 10.5 Å². The Morgan fingerprint density at radius 2 is 1.76 bits per heavy atom. The summed E-state index contributed by atoms with van der Waals surface area (Å²) in [6.45, 7) is 0. The van der Waals surface area contributed by atoms with Gasteiger partial charge in [-0.2, -0.15) is 0 Å². The summed E-state index contributed by atoms with van der Waals surface area (Å²) < 4.78 is 0. The van der Waals surface area contributed by atoms with Gasteiger partial charge in [-0.3, -0.25) is 4.79 Å². The lowest BCUT2D eigenvalue weighted by Crippen LogP contribution is -2.14. The number of aromatic nitrogens is 2. The molecule has 0 saturated heterocycles. The number of rotatable bonds is 3. The third-order valence-electron chi connectivity index (χ3n) is 3.19. The largest absolute Gasteiger partial charge is 0.372 e. The van der Waals surface area contributed by atoms with Crippen molar-refractivity contribution in [1.29, 1.82) is 0 Å². The number of anilines is 2. The highest BCUT2D eigenvalue weighted by atomic mass is 16.1. The van der Waals surface area contributed by atoms with E-state index in [1.165, 1.54) is 0 Å². The van der Waals surface area contributed by atoms with Gasteiger partial charge in [0.15, 0.2) is 5.69 Å². The zero-order chi connectivity index (χ0) is 14.7. The fourth-order valence-electron chi connectivity index (χ4n) is 2.11. The molecule has 1 amide bonds.